The summed E-state index contributed by atoms with van der Waals surface area (Å²) in [5.74, 6) is -1.56. The van der Waals surface area contributed by atoms with Crippen LogP contribution in [0.4, 0.5) is 15.8 Å². The van der Waals surface area contributed by atoms with Crippen molar-refractivity contribution in [1.82, 2.24) is 0 Å². The van der Waals surface area contributed by atoms with E-state index >= 15 is 0 Å². The van der Waals surface area contributed by atoms with Gasteiger partial charge in [-0.3, -0.25) is 9.52 Å². The Labute approximate surface area is 177 Å². The van der Waals surface area contributed by atoms with E-state index in [1.54, 1.807) is 24.3 Å². The molecule has 2 N–H and O–H groups in total. The summed E-state index contributed by atoms with van der Waals surface area (Å²) in [4.78, 5) is 12.0. The van der Waals surface area contributed by atoms with E-state index < -0.39 is 21.7 Å². The van der Waals surface area contributed by atoms with Crippen LogP contribution in [-0.2, 0) is 10.0 Å². The minimum atomic E-state index is -4.00. The number of anilines is 2. The van der Waals surface area contributed by atoms with Gasteiger partial charge in [0.2, 0.25) is 0 Å². The summed E-state index contributed by atoms with van der Waals surface area (Å²) in [6.45, 7) is 1.87. The molecule has 0 radical (unpaired) electrons. The molecule has 29 heavy (non-hydrogen) atoms. The Morgan fingerprint density at radius 1 is 0.966 bits per heavy atom. The molecule has 0 aromatic heterocycles. The summed E-state index contributed by atoms with van der Waals surface area (Å²) in [7, 11) is -4.00. The Bertz CT molecular complexity index is 1180. The highest BCUT2D eigenvalue weighted by Crippen LogP contribution is 2.25. The van der Waals surface area contributed by atoms with E-state index in [4.69, 9.17) is 23.2 Å². The topological polar surface area (TPSA) is 75.3 Å². The van der Waals surface area contributed by atoms with E-state index in [2.05, 4.69) is 10.0 Å². The van der Waals surface area contributed by atoms with E-state index in [1.165, 1.54) is 30.3 Å². The van der Waals surface area contributed by atoms with E-state index in [-0.39, 0.29) is 21.2 Å². The number of carbonyl (C=O) groups is 1. The van der Waals surface area contributed by atoms with Crippen molar-refractivity contribution >= 4 is 50.5 Å². The molecular weight excluding hydrogens is 438 g/mol. The average molecular weight is 453 g/mol. The maximum Gasteiger partial charge on any atom is 0.261 e. The molecule has 3 aromatic carbocycles. The molecule has 0 saturated heterocycles. The van der Waals surface area contributed by atoms with Gasteiger partial charge in [0.25, 0.3) is 15.9 Å². The highest BCUT2D eigenvalue weighted by molar-refractivity contribution is 7.92. The lowest BCUT2D eigenvalue weighted by atomic mass is 10.2. The molecule has 5 nitrogen and oxygen atoms in total. The van der Waals surface area contributed by atoms with Gasteiger partial charge < -0.3 is 5.32 Å². The van der Waals surface area contributed by atoms with Crippen molar-refractivity contribution in [3.63, 3.8) is 0 Å². The Hall–Kier alpha value is -2.61. The predicted octanol–water partition coefficient (Wildman–Crippen LogP) is 5.49. The molecule has 1 amide bonds. The molecule has 0 unspecified atom stereocenters. The van der Waals surface area contributed by atoms with Gasteiger partial charge in [-0.15, -0.1) is 0 Å². The lowest BCUT2D eigenvalue weighted by molar-refractivity contribution is 0.102. The molecule has 0 saturated carbocycles. The summed E-state index contributed by atoms with van der Waals surface area (Å²) in [6.07, 6.45) is 0. The fraction of sp³-hybridized carbons (Fsp3) is 0.0500. The highest BCUT2D eigenvalue weighted by atomic mass is 35.5. The number of benzene rings is 3. The van der Waals surface area contributed by atoms with Gasteiger partial charge in [-0.05, 0) is 55.5 Å². The van der Waals surface area contributed by atoms with Crippen LogP contribution < -0.4 is 10.0 Å². The minimum Gasteiger partial charge on any atom is -0.319 e. The molecule has 0 aliphatic heterocycles. The summed E-state index contributed by atoms with van der Waals surface area (Å²) in [5, 5.41) is 2.83. The Kier molecular flexibility index (Phi) is 6.12. The minimum absolute atomic E-state index is 0.105. The first kappa shape index (κ1) is 21.1. The molecule has 0 aliphatic carbocycles. The lowest BCUT2D eigenvalue weighted by Gasteiger charge is -2.11. The second-order valence-corrected chi connectivity index (χ2v) is 8.72. The van der Waals surface area contributed by atoms with Gasteiger partial charge in [0.1, 0.15) is 5.82 Å². The van der Waals surface area contributed by atoms with Crippen molar-refractivity contribution < 1.29 is 17.6 Å². The number of hydrogen-bond acceptors (Lipinski definition) is 3. The maximum atomic E-state index is 14.5. The fourth-order valence-electron chi connectivity index (χ4n) is 2.46. The zero-order chi connectivity index (χ0) is 21.2. The summed E-state index contributed by atoms with van der Waals surface area (Å²) >= 11 is 11.8. The van der Waals surface area contributed by atoms with Crippen LogP contribution in [0, 0.1) is 12.7 Å². The van der Waals surface area contributed by atoms with Crippen molar-refractivity contribution in [3.8, 4) is 0 Å². The van der Waals surface area contributed by atoms with Crippen LogP contribution in [-0.4, -0.2) is 14.3 Å². The van der Waals surface area contributed by atoms with Gasteiger partial charge in [-0.25, -0.2) is 12.8 Å². The molecule has 0 aliphatic rings. The van der Waals surface area contributed by atoms with Crippen LogP contribution in [0.25, 0.3) is 0 Å². The zero-order valence-corrected chi connectivity index (χ0v) is 17.4. The molecule has 0 atom stereocenters. The van der Waals surface area contributed by atoms with Crippen LogP contribution in [0.1, 0.15) is 15.9 Å². The standard InChI is InChI=1S/C20H15Cl2FN2O3S/c1-12-2-5-14(6-3-12)25-29(27,28)15-7-9-19(18(23)11-15)24-20(26)16-8-4-13(21)10-17(16)22/h2-11,25H,1H3,(H,24,26). The molecule has 0 bridgehead atoms. The number of aryl methyl sites for hydroxylation is 1. The second-order valence-electron chi connectivity index (χ2n) is 6.19. The molecule has 3 rings (SSSR count). The van der Waals surface area contributed by atoms with Gasteiger partial charge in [0, 0.05) is 10.7 Å². The van der Waals surface area contributed by atoms with Gasteiger partial charge in [0.15, 0.2) is 0 Å². The maximum absolute atomic E-state index is 14.5. The van der Waals surface area contributed by atoms with Gasteiger partial charge in [-0.1, -0.05) is 40.9 Å². The van der Waals surface area contributed by atoms with Gasteiger partial charge >= 0.3 is 0 Å². The van der Waals surface area contributed by atoms with Crippen LogP contribution >= 0.6 is 23.2 Å². The monoisotopic (exact) mass is 452 g/mol. The first-order valence-corrected chi connectivity index (χ1v) is 10.5. The third kappa shape index (κ3) is 5.06. The van der Waals surface area contributed by atoms with Crippen molar-refractivity contribution in [3.05, 3.63) is 87.7 Å². The average Bonchev–Trinajstić information content (AvgIpc) is 2.65. The van der Waals surface area contributed by atoms with Crippen molar-refractivity contribution in [2.75, 3.05) is 10.0 Å². The lowest BCUT2D eigenvalue weighted by Crippen LogP contribution is -2.15. The number of halogens is 3. The van der Waals surface area contributed by atoms with Crippen molar-refractivity contribution in [2.45, 2.75) is 11.8 Å². The number of rotatable bonds is 5. The Morgan fingerprint density at radius 2 is 1.66 bits per heavy atom. The van der Waals surface area contributed by atoms with Crippen molar-refractivity contribution in [1.29, 1.82) is 0 Å². The first-order valence-electron chi connectivity index (χ1n) is 8.31. The third-order valence-electron chi connectivity index (χ3n) is 3.98. The highest BCUT2D eigenvalue weighted by Gasteiger charge is 2.18. The first-order chi connectivity index (χ1) is 13.7. The number of nitrogens with one attached hydrogen (secondary N) is 2. The Morgan fingerprint density at radius 3 is 2.28 bits per heavy atom. The molecule has 9 heteroatoms. The number of sulfonamides is 1. The van der Waals surface area contributed by atoms with Crippen molar-refractivity contribution in [2.24, 2.45) is 0 Å². The normalized spacial score (nSPS) is 11.2. The molecule has 150 valence electrons. The van der Waals surface area contributed by atoms with E-state index in [1.807, 2.05) is 6.92 Å². The van der Waals surface area contributed by atoms with Gasteiger partial charge in [-0.2, -0.15) is 0 Å². The quantitative estimate of drug-likeness (QED) is 0.536. The predicted molar refractivity (Wildman–Crippen MR) is 113 cm³/mol. The van der Waals surface area contributed by atoms with Crippen LogP contribution in [0.3, 0.4) is 0 Å². The van der Waals surface area contributed by atoms with Crippen LogP contribution in [0.15, 0.2) is 65.6 Å². The van der Waals surface area contributed by atoms with Crippen LogP contribution in [0.2, 0.25) is 10.0 Å². The van der Waals surface area contributed by atoms with E-state index in [9.17, 15) is 17.6 Å². The Balaban J connectivity index is 1.80. The summed E-state index contributed by atoms with van der Waals surface area (Å²) in [6, 6.07) is 14.2. The smallest absolute Gasteiger partial charge is 0.261 e. The molecule has 0 spiro atoms. The van der Waals surface area contributed by atoms with E-state index in [0.717, 1.165) is 11.6 Å². The van der Waals surface area contributed by atoms with E-state index in [0.29, 0.717) is 10.7 Å². The second kappa shape index (κ2) is 8.41. The SMILES string of the molecule is Cc1ccc(NS(=O)(=O)c2ccc(NC(=O)c3ccc(Cl)cc3Cl)c(F)c2)cc1. The molecule has 0 fully saturated rings. The number of hydrogen-bond donors (Lipinski definition) is 2. The molecule has 0 heterocycles. The van der Waals surface area contributed by atoms with Gasteiger partial charge in [0.05, 0.1) is 21.2 Å². The van der Waals surface area contributed by atoms with Crippen LogP contribution in [0.5, 0.6) is 0 Å². The number of carbonyl (C=O) groups excluding carboxylic acids is 1. The summed E-state index contributed by atoms with van der Waals surface area (Å²) in [5.41, 5.74) is 1.24. The fourth-order valence-corrected chi connectivity index (χ4v) is 4.03. The molecular formula is C20H15Cl2FN2O3S. The number of amides is 1. The summed E-state index contributed by atoms with van der Waals surface area (Å²) < 4.78 is 41.8. The zero-order valence-electron chi connectivity index (χ0n) is 15.0. The molecule has 3 aromatic rings. The largest absolute Gasteiger partial charge is 0.319 e. The third-order valence-corrected chi connectivity index (χ3v) is 5.91.